The van der Waals surface area contributed by atoms with Gasteiger partial charge in [-0.3, -0.25) is 0 Å². The van der Waals surface area contributed by atoms with Gasteiger partial charge < -0.3 is 18.7 Å². The Morgan fingerprint density at radius 1 is 1.20 bits per heavy atom. The SMILES string of the molecule is COCc1nc(Cc2c(C)noc2C)n(-c2ccc3c(c2)OCO3)n1. The van der Waals surface area contributed by atoms with Crippen LogP contribution in [0.25, 0.3) is 5.69 Å². The Morgan fingerprint density at radius 2 is 2.04 bits per heavy atom. The molecule has 0 spiro atoms. The molecule has 1 aromatic carbocycles. The molecular formula is C17H18N4O4. The molecule has 3 aromatic rings. The number of aromatic nitrogens is 4. The van der Waals surface area contributed by atoms with Gasteiger partial charge in [0.2, 0.25) is 6.79 Å². The summed E-state index contributed by atoms with van der Waals surface area (Å²) in [6, 6.07) is 5.69. The third-order valence-corrected chi connectivity index (χ3v) is 4.11. The quantitative estimate of drug-likeness (QED) is 0.703. The second-order valence-electron chi connectivity index (χ2n) is 5.81. The van der Waals surface area contributed by atoms with Crippen molar-refractivity contribution in [1.29, 1.82) is 0 Å². The molecule has 8 heteroatoms. The van der Waals surface area contributed by atoms with E-state index >= 15 is 0 Å². The fourth-order valence-electron chi connectivity index (χ4n) is 2.83. The molecule has 0 amide bonds. The van der Waals surface area contributed by atoms with Crippen molar-refractivity contribution in [2.24, 2.45) is 0 Å². The molecule has 2 aromatic heterocycles. The van der Waals surface area contributed by atoms with Gasteiger partial charge in [-0.25, -0.2) is 9.67 Å². The molecule has 0 radical (unpaired) electrons. The molecule has 0 saturated carbocycles. The molecule has 1 aliphatic rings. The maximum absolute atomic E-state index is 5.47. The largest absolute Gasteiger partial charge is 0.454 e. The molecule has 0 atom stereocenters. The smallest absolute Gasteiger partial charge is 0.231 e. The minimum absolute atomic E-state index is 0.233. The number of benzene rings is 1. The molecule has 0 unspecified atom stereocenters. The van der Waals surface area contributed by atoms with Crippen LogP contribution in [-0.2, 0) is 17.8 Å². The van der Waals surface area contributed by atoms with Crippen LogP contribution >= 0.6 is 0 Å². The zero-order valence-electron chi connectivity index (χ0n) is 14.3. The van der Waals surface area contributed by atoms with Gasteiger partial charge in [0.15, 0.2) is 17.3 Å². The van der Waals surface area contributed by atoms with Crippen LogP contribution in [0.1, 0.15) is 28.7 Å². The summed E-state index contributed by atoms with van der Waals surface area (Å²) in [6.07, 6.45) is 0.562. The number of hydrogen-bond donors (Lipinski definition) is 0. The van der Waals surface area contributed by atoms with Crippen molar-refractivity contribution in [3.8, 4) is 17.2 Å². The lowest BCUT2D eigenvalue weighted by atomic mass is 10.1. The van der Waals surface area contributed by atoms with Gasteiger partial charge in [-0.15, -0.1) is 5.10 Å². The predicted molar refractivity (Wildman–Crippen MR) is 87.0 cm³/mol. The Morgan fingerprint density at radius 3 is 2.80 bits per heavy atom. The van der Waals surface area contributed by atoms with Crippen molar-refractivity contribution in [1.82, 2.24) is 19.9 Å². The molecule has 1 aliphatic heterocycles. The lowest BCUT2D eigenvalue weighted by Crippen LogP contribution is -2.05. The van der Waals surface area contributed by atoms with Gasteiger partial charge in [-0.05, 0) is 26.0 Å². The first-order valence-electron chi connectivity index (χ1n) is 7.91. The summed E-state index contributed by atoms with van der Waals surface area (Å²) in [5.41, 5.74) is 2.71. The standard InChI is InChI=1S/C17H18N4O4/c1-10-13(11(2)25-20-10)7-17-18-16(8-22-3)19-21(17)12-4-5-14-15(6-12)24-9-23-14/h4-6H,7-9H2,1-3H3. The van der Waals surface area contributed by atoms with Crippen LogP contribution in [0, 0.1) is 13.8 Å². The molecule has 8 nitrogen and oxygen atoms in total. The summed E-state index contributed by atoms with van der Waals surface area (Å²) in [6.45, 7) is 4.39. The van der Waals surface area contributed by atoms with Crippen molar-refractivity contribution < 1.29 is 18.7 Å². The van der Waals surface area contributed by atoms with Crippen LogP contribution in [0.3, 0.4) is 0 Å². The maximum atomic E-state index is 5.47. The average molecular weight is 342 g/mol. The highest BCUT2D eigenvalue weighted by molar-refractivity contribution is 5.50. The Labute approximate surface area is 144 Å². The summed E-state index contributed by atoms with van der Waals surface area (Å²) in [7, 11) is 1.62. The number of ether oxygens (including phenoxy) is 3. The van der Waals surface area contributed by atoms with Crippen molar-refractivity contribution in [3.63, 3.8) is 0 Å². The van der Waals surface area contributed by atoms with Crippen molar-refractivity contribution in [2.45, 2.75) is 26.9 Å². The molecule has 130 valence electrons. The Kier molecular flexibility index (Phi) is 3.89. The fraction of sp³-hybridized carbons (Fsp3) is 0.353. The third-order valence-electron chi connectivity index (χ3n) is 4.11. The maximum Gasteiger partial charge on any atom is 0.231 e. The monoisotopic (exact) mass is 342 g/mol. The Bertz CT molecular complexity index is 896. The lowest BCUT2D eigenvalue weighted by molar-refractivity contribution is 0.174. The van der Waals surface area contributed by atoms with E-state index in [1.54, 1.807) is 11.8 Å². The predicted octanol–water partition coefficient (Wildman–Crippen LogP) is 2.34. The van der Waals surface area contributed by atoms with Crippen LogP contribution in [0.4, 0.5) is 0 Å². The van der Waals surface area contributed by atoms with Crippen LogP contribution in [-0.4, -0.2) is 33.8 Å². The second kappa shape index (κ2) is 6.21. The van der Waals surface area contributed by atoms with E-state index in [0.29, 0.717) is 24.6 Å². The number of rotatable bonds is 5. The summed E-state index contributed by atoms with van der Waals surface area (Å²) >= 11 is 0. The average Bonchev–Trinajstić information content (AvgIpc) is 3.30. The molecule has 0 aliphatic carbocycles. The van der Waals surface area contributed by atoms with E-state index in [9.17, 15) is 0 Å². The van der Waals surface area contributed by atoms with Crippen molar-refractivity contribution >= 4 is 0 Å². The summed E-state index contributed by atoms with van der Waals surface area (Å²) in [4.78, 5) is 4.61. The zero-order valence-corrected chi connectivity index (χ0v) is 14.3. The molecule has 0 saturated heterocycles. The highest BCUT2D eigenvalue weighted by atomic mass is 16.7. The molecular weight excluding hydrogens is 324 g/mol. The highest BCUT2D eigenvalue weighted by Gasteiger charge is 2.19. The van der Waals surface area contributed by atoms with E-state index in [4.69, 9.17) is 18.7 Å². The molecule has 4 rings (SSSR count). The van der Waals surface area contributed by atoms with Crippen LogP contribution in [0.2, 0.25) is 0 Å². The van der Waals surface area contributed by atoms with E-state index in [2.05, 4.69) is 15.2 Å². The van der Waals surface area contributed by atoms with Crippen molar-refractivity contribution in [3.05, 3.63) is 46.9 Å². The third kappa shape index (κ3) is 2.85. The first-order chi connectivity index (χ1) is 12.2. The normalized spacial score (nSPS) is 12.8. The molecule has 0 fully saturated rings. The van der Waals surface area contributed by atoms with E-state index in [1.165, 1.54) is 0 Å². The number of methoxy groups -OCH3 is 1. The van der Waals surface area contributed by atoms with E-state index < -0.39 is 0 Å². The topological polar surface area (TPSA) is 84.4 Å². The van der Waals surface area contributed by atoms with Gasteiger partial charge in [0, 0.05) is 25.2 Å². The highest BCUT2D eigenvalue weighted by Crippen LogP contribution is 2.34. The van der Waals surface area contributed by atoms with Crippen LogP contribution in [0.5, 0.6) is 11.5 Å². The second-order valence-corrected chi connectivity index (χ2v) is 5.81. The van der Waals surface area contributed by atoms with E-state index in [1.807, 2.05) is 32.0 Å². The van der Waals surface area contributed by atoms with Gasteiger partial charge in [0.25, 0.3) is 0 Å². The van der Waals surface area contributed by atoms with Crippen molar-refractivity contribution in [2.75, 3.05) is 13.9 Å². The van der Waals surface area contributed by atoms with Gasteiger partial charge in [0.1, 0.15) is 18.2 Å². The van der Waals surface area contributed by atoms with E-state index in [0.717, 1.165) is 34.3 Å². The minimum atomic E-state index is 0.233. The molecule has 25 heavy (non-hydrogen) atoms. The number of aryl methyl sites for hydroxylation is 2. The van der Waals surface area contributed by atoms with Gasteiger partial charge in [-0.2, -0.15) is 0 Å². The zero-order chi connectivity index (χ0) is 17.4. The molecule has 3 heterocycles. The first kappa shape index (κ1) is 15.6. The number of fused-ring (bicyclic) bond motifs is 1. The van der Waals surface area contributed by atoms with Crippen LogP contribution < -0.4 is 9.47 Å². The summed E-state index contributed by atoms with van der Waals surface area (Å²) < 4.78 is 23.1. The number of nitrogens with zero attached hydrogens (tertiary/aromatic N) is 4. The summed E-state index contributed by atoms with van der Waals surface area (Å²) in [5.74, 6) is 3.60. The van der Waals surface area contributed by atoms with Gasteiger partial charge in [0.05, 0.1) is 11.4 Å². The van der Waals surface area contributed by atoms with Gasteiger partial charge >= 0.3 is 0 Å². The minimum Gasteiger partial charge on any atom is -0.454 e. The van der Waals surface area contributed by atoms with Crippen LogP contribution in [0.15, 0.2) is 22.7 Å². The fourth-order valence-corrected chi connectivity index (χ4v) is 2.83. The van der Waals surface area contributed by atoms with E-state index in [-0.39, 0.29) is 6.79 Å². The summed E-state index contributed by atoms with van der Waals surface area (Å²) in [5, 5.41) is 8.58. The Hall–Kier alpha value is -2.87. The molecule has 0 N–H and O–H groups in total. The first-order valence-corrected chi connectivity index (χ1v) is 7.91. The number of hydrogen-bond acceptors (Lipinski definition) is 7. The molecule has 0 bridgehead atoms. The van der Waals surface area contributed by atoms with Gasteiger partial charge in [-0.1, -0.05) is 5.16 Å². The Balaban J connectivity index is 1.76. The lowest BCUT2D eigenvalue weighted by Gasteiger charge is -2.07.